The van der Waals surface area contributed by atoms with E-state index in [-0.39, 0.29) is 0 Å². The summed E-state index contributed by atoms with van der Waals surface area (Å²) in [6.45, 7) is 2.00. The predicted octanol–water partition coefficient (Wildman–Crippen LogP) is 1.72. The smallest absolute Gasteiger partial charge is 0.287 e. The Labute approximate surface area is 157 Å². The fourth-order valence-corrected chi connectivity index (χ4v) is 4.47. The fraction of sp³-hybridized carbons (Fsp3) is 0.278. The van der Waals surface area contributed by atoms with Crippen LogP contribution in [0.4, 0.5) is 11.4 Å². The number of carbonyl (C=O) groups is 1. The fourth-order valence-electron chi connectivity index (χ4n) is 3.06. The highest BCUT2D eigenvalue weighted by molar-refractivity contribution is 7.92. The van der Waals surface area contributed by atoms with E-state index in [0.29, 0.717) is 26.2 Å². The van der Waals surface area contributed by atoms with Crippen molar-refractivity contribution in [1.29, 1.82) is 0 Å². The van der Waals surface area contributed by atoms with Gasteiger partial charge in [0.2, 0.25) is 5.91 Å². The largest absolute Gasteiger partial charge is 0.368 e. The van der Waals surface area contributed by atoms with Crippen LogP contribution in [0.25, 0.3) is 0 Å². The molecule has 1 aliphatic heterocycles. The molecule has 0 unspecified atom stereocenters. The molecular weight excluding hydrogens is 370 g/mol. The van der Waals surface area contributed by atoms with Gasteiger partial charge >= 0.3 is 0 Å². The molecular formula is C18H19N3O5S. The lowest BCUT2D eigenvalue weighted by molar-refractivity contribution is -0.387. The van der Waals surface area contributed by atoms with E-state index >= 15 is 0 Å². The van der Waals surface area contributed by atoms with Gasteiger partial charge in [0.15, 0.2) is 9.84 Å². The molecule has 0 saturated carbocycles. The number of hydrogen-bond acceptors (Lipinski definition) is 6. The predicted molar refractivity (Wildman–Crippen MR) is 100 cm³/mol. The Kier molecular flexibility index (Phi) is 5.41. The number of piperazine rings is 1. The summed E-state index contributed by atoms with van der Waals surface area (Å²) in [5.74, 6) is -1.32. The molecule has 1 fully saturated rings. The lowest BCUT2D eigenvalue weighted by atomic mass is 10.2. The lowest BCUT2D eigenvalue weighted by Crippen LogP contribution is -2.50. The van der Waals surface area contributed by atoms with Crippen molar-refractivity contribution < 1.29 is 18.1 Å². The van der Waals surface area contributed by atoms with Crippen LogP contribution in [-0.4, -0.2) is 56.1 Å². The molecule has 0 atom stereocenters. The zero-order valence-corrected chi connectivity index (χ0v) is 15.3. The van der Waals surface area contributed by atoms with Gasteiger partial charge < -0.3 is 9.80 Å². The number of hydrogen-bond donors (Lipinski definition) is 0. The second kappa shape index (κ2) is 7.75. The van der Waals surface area contributed by atoms with Crippen molar-refractivity contribution in [3.63, 3.8) is 0 Å². The van der Waals surface area contributed by atoms with E-state index in [0.717, 1.165) is 17.8 Å². The lowest BCUT2D eigenvalue weighted by Gasteiger charge is -2.36. The quantitative estimate of drug-likeness (QED) is 0.570. The van der Waals surface area contributed by atoms with Crippen molar-refractivity contribution in [1.82, 2.24) is 4.90 Å². The van der Waals surface area contributed by atoms with Gasteiger partial charge in [0, 0.05) is 37.9 Å². The first-order valence-corrected chi connectivity index (χ1v) is 10.1. The second-order valence-corrected chi connectivity index (χ2v) is 8.15. The van der Waals surface area contributed by atoms with Crippen LogP contribution in [0.2, 0.25) is 0 Å². The number of para-hydroxylation sites is 2. The molecule has 0 N–H and O–H groups in total. The Balaban J connectivity index is 1.67. The number of carbonyl (C=O) groups excluding carboxylic acids is 1. The average molecular weight is 389 g/mol. The molecule has 1 saturated heterocycles. The molecule has 8 nitrogen and oxygen atoms in total. The molecule has 1 aliphatic rings. The molecule has 27 heavy (non-hydrogen) atoms. The zero-order chi connectivity index (χ0) is 19.4. The van der Waals surface area contributed by atoms with Gasteiger partial charge in [0.25, 0.3) is 5.69 Å². The van der Waals surface area contributed by atoms with E-state index in [1.165, 1.54) is 17.0 Å². The highest BCUT2D eigenvalue weighted by Gasteiger charge is 2.30. The van der Waals surface area contributed by atoms with Crippen molar-refractivity contribution in [2.24, 2.45) is 0 Å². The van der Waals surface area contributed by atoms with Gasteiger partial charge in [0.1, 0.15) is 10.6 Å². The van der Waals surface area contributed by atoms with Crippen LogP contribution >= 0.6 is 0 Å². The van der Waals surface area contributed by atoms with E-state index in [2.05, 4.69) is 4.90 Å². The highest BCUT2D eigenvalue weighted by Crippen LogP contribution is 2.24. The molecule has 0 radical (unpaired) electrons. The van der Waals surface area contributed by atoms with Gasteiger partial charge in [-0.3, -0.25) is 14.9 Å². The van der Waals surface area contributed by atoms with Gasteiger partial charge in [-0.15, -0.1) is 0 Å². The molecule has 3 rings (SSSR count). The van der Waals surface area contributed by atoms with Gasteiger partial charge in [-0.05, 0) is 18.2 Å². The molecule has 0 spiro atoms. The van der Waals surface area contributed by atoms with Crippen LogP contribution in [0.5, 0.6) is 0 Å². The summed E-state index contributed by atoms with van der Waals surface area (Å²) in [6.07, 6.45) is 0. The van der Waals surface area contributed by atoms with E-state index in [9.17, 15) is 23.3 Å². The van der Waals surface area contributed by atoms with Crippen molar-refractivity contribution in [3.8, 4) is 0 Å². The first kappa shape index (κ1) is 18.8. The van der Waals surface area contributed by atoms with Crippen molar-refractivity contribution in [3.05, 3.63) is 64.7 Å². The number of benzene rings is 2. The molecule has 2 aromatic rings. The van der Waals surface area contributed by atoms with Crippen molar-refractivity contribution in [2.75, 3.05) is 36.8 Å². The van der Waals surface area contributed by atoms with Crippen LogP contribution in [0, 0.1) is 10.1 Å². The number of anilines is 1. The van der Waals surface area contributed by atoms with Gasteiger partial charge in [-0.1, -0.05) is 30.3 Å². The van der Waals surface area contributed by atoms with Crippen LogP contribution in [0.1, 0.15) is 0 Å². The maximum Gasteiger partial charge on any atom is 0.287 e. The van der Waals surface area contributed by atoms with E-state index in [1.54, 1.807) is 0 Å². The number of nitro benzene ring substituents is 1. The first-order chi connectivity index (χ1) is 12.9. The van der Waals surface area contributed by atoms with E-state index in [1.807, 2.05) is 30.3 Å². The maximum absolute atomic E-state index is 12.5. The minimum atomic E-state index is -4.10. The minimum Gasteiger partial charge on any atom is -0.368 e. The van der Waals surface area contributed by atoms with E-state index in [4.69, 9.17) is 0 Å². The number of amides is 1. The Bertz CT molecular complexity index is 938. The summed E-state index contributed by atoms with van der Waals surface area (Å²) >= 11 is 0. The number of nitrogens with zero attached hydrogens (tertiary/aromatic N) is 3. The summed E-state index contributed by atoms with van der Waals surface area (Å²) < 4.78 is 25.1. The van der Waals surface area contributed by atoms with Crippen LogP contribution in [-0.2, 0) is 14.6 Å². The summed E-state index contributed by atoms with van der Waals surface area (Å²) in [5, 5.41) is 11.1. The Morgan fingerprint density at radius 3 is 2.19 bits per heavy atom. The normalized spacial score (nSPS) is 14.8. The SMILES string of the molecule is O=C(CS(=O)(=O)c1ccccc1[N+](=O)[O-])N1CCN(c2ccccc2)CC1. The van der Waals surface area contributed by atoms with Gasteiger partial charge in [-0.25, -0.2) is 8.42 Å². The van der Waals surface area contributed by atoms with E-state index < -0.39 is 37.0 Å². The molecule has 0 aromatic heterocycles. The highest BCUT2D eigenvalue weighted by atomic mass is 32.2. The van der Waals surface area contributed by atoms with Gasteiger partial charge in [0.05, 0.1) is 4.92 Å². The number of rotatable bonds is 5. The molecule has 9 heteroatoms. The molecule has 0 bridgehead atoms. The number of nitro groups is 1. The first-order valence-electron chi connectivity index (χ1n) is 8.42. The average Bonchev–Trinajstić information content (AvgIpc) is 2.68. The summed E-state index contributed by atoms with van der Waals surface area (Å²) in [4.78, 5) is 26.0. The third kappa shape index (κ3) is 4.25. The van der Waals surface area contributed by atoms with Crippen LogP contribution in [0.15, 0.2) is 59.5 Å². The topological polar surface area (TPSA) is 101 Å². The summed E-state index contributed by atoms with van der Waals surface area (Å²) in [7, 11) is -4.10. The maximum atomic E-state index is 12.5. The van der Waals surface area contributed by atoms with Crippen molar-refractivity contribution in [2.45, 2.75) is 4.90 Å². The van der Waals surface area contributed by atoms with Crippen molar-refractivity contribution >= 4 is 27.1 Å². The molecule has 1 heterocycles. The Morgan fingerprint density at radius 2 is 1.56 bits per heavy atom. The minimum absolute atomic E-state index is 0.403. The summed E-state index contributed by atoms with van der Waals surface area (Å²) in [6, 6.07) is 14.8. The Morgan fingerprint density at radius 1 is 0.963 bits per heavy atom. The van der Waals surface area contributed by atoms with Crippen LogP contribution in [0.3, 0.4) is 0 Å². The Hall–Kier alpha value is -2.94. The van der Waals surface area contributed by atoms with Gasteiger partial charge in [-0.2, -0.15) is 0 Å². The third-order valence-electron chi connectivity index (χ3n) is 4.46. The second-order valence-electron chi connectivity index (χ2n) is 6.19. The molecule has 0 aliphatic carbocycles. The molecule has 1 amide bonds. The third-order valence-corrected chi connectivity index (χ3v) is 6.11. The zero-order valence-electron chi connectivity index (χ0n) is 14.5. The number of sulfone groups is 1. The molecule has 142 valence electrons. The summed E-state index contributed by atoms with van der Waals surface area (Å²) in [5.41, 5.74) is 0.538. The monoisotopic (exact) mass is 389 g/mol. The molecule has 2 aromatic carbocycles. The van der Waals surface area contributed by atoms with Crippen LogP contribution < -0.4 is 4.90 Å². The standard InChI is InChI=1S/C18H19N3O5S/c22-18(14-27(25,26)17-9-5-4-8-16(17)21(23)24)20-12-10-19(11-13-20)15-6-2-1-3-7-15/h1-9H,10-14H2.